The predicted molar refractivity (Wildman–Crippen MR) is 90.3 cm³/mol. The normalized spacial score (nSPS) is 11.8. The number of benzene rings is 1. The smallest absolute Gasteiger partial charge is 0.269 e. The quantitative estimate of drug-likeness (QED) is 0.685. The predicted octanol–water partition coefficient (Wildman–Crippen LogP) is 1.40. The van der Waals surface area contributed by atoms with Gasteiger partial charge in [-0.15, -0.1) is 0 Å². The van der Waals surface area contributed by atoms with Crippen molar-refractivity contribution in [3.8, 4) is 5.75 Å². The third kappa shape index (κ3) is 6.28. The molecule has 1 atom stereocenters. The van der Waals surface area contributed by atoms with Crippen LogP contribution in [0.3, 0.4) is 0 Å². The molecule has 1 aromatic carbocycles. The summed E-state index contributed by atoms with van der Waals surface area (Å²) >= 11 is 0. The van der Waals surface area contributed by atoms with Crippen molar-refractivity contribution in [1.82, 2.24) is 16.2 Å². The summed E-state index contributed by atoms with van der Waals surface area (Å²) in [6, 6.07) is 5.86. The second-order valence-electron chi connectivity index (χ2n) is 6.06. The number of hydrogen-bond donors (Lipinski definition) is 3. The Morgan fingerprint density at radius 3 is 2.00 bits per heavy atom. The number of carbonyl (C=O) groups excluding carboxylic acids is 3. The molecule has 132 valence electrons. The summed E-state index contributed by atoms with van der Waals surface area (Å²) in [5, 5.41) is 2.55. The van der Waals surface area contributed by atoms with Crippen molar-refractivity contribution >= 4 is 17.7 Å². The molecular formula is C17H25N3O4. The van der Waals surface area contributed by atoms with Crippen molar-refractivity contribution in [2.24, 2.45) is 5.92 Å². The summed E-state index contributed by atoms with van der Waals surface area (Å²) < 4.78 is 5.50. The lowest BCUT2D eigenvalue weighted by Crippen LogP contribution is -2.54. The van der Waals surface area contributed by atoms with Crippen LogP contribution in [0, 0.1) is 5.92 Å². The number of hydrogen-bond acceptors (Lipinski definition) is 4. The van der Waals surface area contributed by atoms with Gasteiger partial charge in [0.25, 0.3) is 11.8 Å². The lowest BCUT2D eigenvalue weighted by atomic mass is 10.0. The minimum absolute atomic E-state index is 0.0470. The van der Waals surface area contributed by atoms with Crippen LogP contribution in [-0.4, -0.2) is 29.9 Å². The van der Waals surface area contributed by atoms with E-state index in [2.05, 4.69) is 16.2 Å². The van der Waals surface area contributed by atoms with E-state index in [1.54, 1.807) is 38.1 Å². The molecule has 24 heavy (non-hydrogen) atoms. The Bertz CT molecular complexity index is 582. The first-order chi connectivity index (χ1) is 11.2. The van der Waals surface area contributed by atoms with Gasteiger partial charge in [0.05, 0.1) is 6.10 Å². The third-order valence-electron chi connectivity index (χ3n) is 3.10. The van der Waals surface area contributed by atoms with E-state index in [1.165, 1.54) is 6.92 Å². The number of nitrogens with one attached hydrogen (secondary N) is 3. The Kier molecular flexibility index (Phi) is 7.23. The highest BCUT2D eigenvalue weighted by atomic mass is 16.5. The summed E-state index contributed by atoms with van der Waals surface area (Å²) in [6.45, 7) is 8.76. The highest BCUT2D eigenvalue weighted by molar-refractivity contribution is 5.96. The van der Waals surface area contributed by atoms with E-state index in [9.17, 15) is 14.4 Å². The molecule has 3 amide bonds. The lowest BCUT2D eigenvalue weighted by Gasteiger charge is -2.21. The molecular weight excluding hydrogens is 310 g/mol. The van der Waals surface area contributed by atoms with E-state index in [-0.39, 0.29) is 17.9 Å². The number of hydrazine groups is 1. The maximum Gasteiger partial charge on any atom is 0.269 e. The molecule has 0 heterocycles. The zero-order valence-corrected chi connectivity index (χ0v) is 14.7. The Labute approximate surface area is 142 Å². The van der Waals surface area contributed by atoms with E-state index in [0.717, 1.165) is 0 Å². The van der Waals surface area contributed by atoms with E-state index in [4.69, 9.17) is 4.74 Å². The average Bonchev–Trinajstić information content (AvgIpc) is 2.49. The summed E-state index contributed by atoms with van der Waals surface area (Å²) in [5.74, 6) is -0.691. The second kappa shape index (κ2) is 8.90. The Balaban J connectivity index is 2.61. The minimum atomic E-state index is -0.718. The first kappa shape index (κ1) is 19.5. The molecule has 1 unspecified atom stereocenters. The van der Waals surface area contributed by atoms with Crippen LogP contribution in [0.15, 0.2) is 24.3 Å². The van der Waals surface area contributed by atoms with Crippen LogP contribution >= 0.6 is 0 Å². The average molecular weight is 335 g/mol. The maximum atomic E-state index is 12.1. The van der Waals surface area contributed by atoms with Crippen molar-refractivity contribution in [2.45, 2.75) is 46.8 Å². The van der Waals surface area contributed by atoms with Gasteiger partial charge in [-0.25, -0.2) is 0 Å². The summed E-state index contributed by atoms with van der Waals surface area (Å²) in [4.78, 5) is 35.3. The molecule has 0 aliphatic heterocycles. The van der Waals surface area contributed by atoms with Crippen LogP contribution in [0.25, 0.3) is 0 Å². The van der Waals surface area contributed by atoms with Crippen LogP contribution in [0.5, 0.6) is 5.75 Å². The Hall–Kier alpha value is -2.57. The topological polar surface area (TPSA) is 96.5 Å². The highest BCUT2D eigenvalue weighted by Gasteiger charge is 2.23. The van der Waals surface area contributed by atoms with Crippen molar-refractivity contribution in [3.63, 3.8) is 0 Å². The maximum absolute atomic E-state index is 12.1. The molecule has 1 aromatic rings. The van der Waals surface area contributed by atoms with Gasteiger partial charge in [-0.2, -0.15) is 0 Å². The monoisotopic (exact) mass is 335 g/mol. The first-order valence-electron chi connectivity index (χ1n) is 7.84. The van der Waals surface area contributed by atoms with E-state index < -0.39 is 17.9 Å². The second-order valence-corrected chi connectivity index (χ2v) is 6.06. The summed E-state index contributed by atoms with van der Waals surface area (Å²) in [7, 11) is 0. The fraction of sp³-hybridized carbons (Fsp3) is 0.471. The van der Waals surface area contributed by atoms with Gasteiger partial charge in [0.15, 0.2) is 0 Å². The molecule has 0 fully saturated rings. The molecule has 0 saturated carbocycles. The molecule has 0 saturated heterocycles. The van der Waals surface area contributed by atoms with Gasteiger partial charge < -0.3 is 10.1 Å². The number of ether oxygens (including phenoxy) is 1. The van der Waals surface area contributed by atoms with E-state index >= 15 is 0 Å². The fourth-order valence-corrected chi connectivity index (χ4v) is 1.98. The van der Waals surface area contributed by atoms with Gasteiger partial charge in [0.1, 0.15) is 11.8 Å². The molecule has 7 heteroatoms. The molecule has 0 radical (unpaired) electrons. The van der Waals surface area contributed by atoms with E-state index in [0.29, 0.717) is 11.3 Å². The number of carbonyl (C=O) groups is 3. The van der Waals surface area contributed by atoms with Gasteiger partial charge in [0.2, 0.25) is 5.91 Å². The van der Waals surface area contributed by atoms with Gasteiger partial charge in [-0.3, -0.25) is 25.2 Å². The van der Waals surface area contributed by atoms with Crippen LogP contribution in [0.1, 0.15) is 45.0 Å². The molecule has 0 aliphatic rings. The van der Waals surface area contributed by atoms with Crippen molar-refractivity contribution < 1.29 is 19.1 Å². The zero-order chi connectivity index (χ0) is 18.3. The van der Waals surface area contributed by atoms with Gasteiger partial charge in [0, 0.05) is 12.5 Å². The van der Waals surface area contributed by atoms with Gasteiger partial charge in [-0.1, -0.05) is 13.8 Å². The van der Waals surface area contributed by atoms with E-state index in [1.807, 2.05) is 13.8 Å². The largest absolute Gasteiger partial charge is 0.491 e. The Morgan fingerprint density at radius 2 is 1.54 bits per heavy atom. The Morgan fingerprint density at radius 1 is 0.958 bits per heavy atom. The third-order valence-corrected chi connectivity index (χ3v) is 3.10. The summed E-state index contributed by atoms with van der Waals surface area (Å²) in [6.07, 6.45) is 0.0470. The van der Waals surface area contributed by atoms with Crippen molar-refractivity contribution in [3.05, 3.63) is 29.8 Å². The molecule has 0 spiro atoms. The molecule has 0 bridgehead atoms. The molecule has 1 rings (SSSR count). The van der Waals surface area contributed by atoms with Gasteiger partial charge in [-0.05, 0) is 44.0 Å². The van der Waals surface area contributed by atoms with Crippen molar-refractivity contribution in [1.29, 1.82) is 0 Å². The van der Waals surface area contributed by atoms with Crippen LogP contribution in [0.4, 0.5) is 0 Å². The SMILES string of the molecule is CC(=O)NC(C(=O)NNC(=O)c1ccc(OC(C)C)cc1)C(C)C. The van der Waals surface area contributed by atoms with Gasteiger partial charge >= 0.3 is 0 Å². The number of rotatable bonds is 6. The first-order valence-corrected chi connectivity index (χ1v) is 7.84. The lowest BCUT2D eigenvalue weighted by molar-refractivity contribution is -0.129. The molecule has 0 aliphatic carbocycles. The molecule has 7 nitrogen and oxygen atoms in total. The van der Waals surface area contributed by atoms with Crippen LogP contribution < -0.4 is 20.9 Å². The highest BCUT2D eigenvalue weighted by Crippen LogP contribution is 2.13. The zero-order valence-electron chi connectivity index (χ0n) is 14.7. The minimum Gasteiger partial charge on any atom is -0.491 e. The molecule has 0 aromatic heterocycles. The van der Waals surface area contributed by atoms with Crippen molar-refractivity contribution in [2.75, 3.05) is 0 Å². The fourth-order valence-electron chi connectivity index (χ4n) is 1.98. The standard InChI is InChI=1S/C17H25N3O4/c1-10(2)15(18-12(5)21)17(23)20-19-16(22)13-6-8-14(9-7-13)24-11(3)4/h6-11,15H,1-5H3,(H,18,21)(H,19,22)(H,20,23). The summed E-state index contributed by atoms with van der Waals surface area (Å²) in [5.41, 5.74) is 5.05. The van der Waals surface area contributed by atoms with Crippen LogP contribution in [-0.2, 0) is 9.59 Å². The molecule has 3 N–H and O–H groups in total. The van der Waals surface area contributed by atoms with Crippen LogP contribution in [0.2, 0.25) is 0 Å². The number of amides is 3.